The number of anilines is 2. The Morgan fingerprint density at radius 3 is 2.55 bits per heavy atom. The number of hydrogen-bond acceptors (Lipinski definition) is 5. The number of nitrogens with zero attached hydrogens (tertiary/aromatic N) is 3. The maximum atomic E-state index is 11.0. The average Bonchev–Trinajstić information content (AvgIpc) is 3.48. The van der Waals surface area contributed by atoms with Crippen LogP contribution in [-0.4, -0.2) is 21.1 Å². The molecule has 2 aromatic carbocycles. The summed E-state index contributed by atoms with van der Waals surface area (Å²) in [5.74, 6) is 0.757. The zero-order valence-electron chi connectivity index (χ0n) is 16.7. The number of rotatable bonds is 6. The number of carbonyl (C=O) groups excluding carboxylic acids is 1. The Bertz CT molecular complexity index is 1240. The van der Waals surface area contributed by atoms with Gasteiger partial charge in [-0.1, -0.05) is 60.7 Å². The highest BCUT2D eigenvalue weighted by Crippen LogP contribution is 2.43. The molecule has 1 N–H and O–H groups in total. The maximum Gasteiger partial charge on any atom is 0.160 e. The van der Waals surface area contributed by atoms with Crippen LogP contribution in [0, 0.1) is 0 Å². The second kappa shape index (κ2) is 8.16. The molecule has 4 aromatic rings. The number of carbonyl (C=O) groups is 1. The molecule has 0 bridgehead atoms. The first-order valence-electron chi connectivity index (χ1n) is 9.99. The third-order valence-electron chi connectivity index (χ3n) is 5.55. The highest BCUT2D eigenvalue weighted by molar-refractivity contribution is 7.07. The number of thiazole rings is 1. The van der Waals surface area contributed by atoms with E-state index in [9.17, 15) is 4.79 Å². The van der Waals surface area contributed by atoms with Crippen molar-refractivity contribution in [2.24, 2.45) is 0 Å². The normalized spacial score (nSPS) is 17.5. The van der Waals surface area contributed by atoms with Crippen LogP contribution in [0.25, 0.3) is 12.3 Å². The van der Waals surface area contributed by atoms with Crippen molar-refractivity contribution in [1.82, 2.24) is 14.8 Å². The van der Waals surface area contributed by atoms with Crippen LogP contribution in [0.5, 0.6) is 0 Å². The van der Waals surface area contributed by atoms with E-state index in [0.717, 1.165) is 34.7 Å². The fraction of sp³-hybridized carbons (Fsp3) is 0.0800. The van der Waals surface area contributed by atoms with E-state index in [1.54, 1.807) is 22.2 Å². The van der Waals surface area contributed by atoms with Gasteiger partial charge in [-0.2, -0.15) is 0 Å². The van der Waals surface area contributed by atoms with Crippen LogP contribution >= 0.6 is 11.3 Å². The Morgan fingerprint density at radius 1 is 1.06 bits per heavy atom. The fourth-order valence-corrected chi connectivity index (χ4v) is 4.70. The highest BCUT2D eigenvalue weighted by Gasteiger charge is 2.39. The summed E-state index contributed by atoms with van der Waals surface area (Å²) in [7, 11) is 0. The summed E-state index contributed by atoms with van der Waals surface area (Å²) in [6.07, 6.45) is 8.96. The van der Waals surface area contributed by atoms with Gasteiger partial charge in [-0.15, -0.1) is 16.4 Å². The molecule has 31 heavy (non-hydrogen) atoms. The molecule has 1 aliphatic rings. The van der Waals surface area contributed by atoms with Crippen molar-refractivity contribution in [3.05, 3.63) is 106 Å². The van der Waals surface area contributed by atoms with Gasteiger partial charge in [-0.3, -0.25) is 4.79 Å². The molecule has 0 fully saturated rings. The first-order valence-corrected chi connectivity index (χ1v) is 10.9. The van der Waals surface area contributed by atoms with E-state index in [1.807, 2.05) is 41.9 Å². The lowest BCUT2D eigenvalue weighted by Crippen LogP contribution is -2.31. The van der Waals surface area contributed by atoms with Crippen LogP contribution in [0.2, 0.25) is 0 Å². The summed E-state index contributed by atoms with van der Waals surface area (Å²) in [4.78, 5) is 15.7. The van der Waals surface area contributed by atoms with Gasteiger partial charge in [0.15, 0.2) is 5.82 Å². The quantitative estimate of drug-likeness (QED) is 0.337. The van der Waals surface area contributed by atoms with Gasteiger partial charge in [0.2, 0.25) is 0 Å². The molecule has 0 aliphatic heterocycles. The molecule has 0 amide bonds. The molecule has 0 saturated carbocycles. The van der Waals surface area contributed by atoms with Crippen LogP contribution in [-0.2, 0) is 16.6 Å². The van der Waals surface area contributed by atoms with Crippen molar-refractivity contribution in [2.45, 2.75) is 11.8 Å². The van der Waals surface area contributed by atoms with Gasteiger partial charge >= 0.3 is 0 Å². The second-order valence-corrected chi connectivity index (χ2v) is 8.06. The summed E-state index contributed by atoms with van der Waals surface area (Å²) in [5.41, 5.74) is 6.66. The van der Waals surface area contributed by atoms with Crippen molar-refractivity contribution in [3.63, 3.8) is 0 Å². The molecule has 0 saturated heterocycles. The van der Waals surface area contributed by atoms with Crippen molar-refractivity contribution >= 4 is 41.4 Å². The minimum Gasteiger partial charge on any atom is -0.338 e. The van der Waals surface area contributed by atoms with Crippen molar-refractivity contribution < 1.29 is 4.79 Å². The molecule has 6 heteroatoms. The van der Waals surface area contributed by atoms with Gasteiger partial charge in [0.1, 0.15) is 6.29 Å². The molecule has 0 radical (unpaired) electrons. The van der Waals surface area contributed by atoms with Crippen molar-refractivity contribution in [2.75, 3.05) is 5.32 Å². The van der Waals surface area contributed by atoms with E-state index in [0.29, 0.717) is 6.42 Å². The van der Waals surface area contributed by atoms with Crippen molar-refractivity contribution in [1.29, 1.82) is 0 Å². The lowest BCUT2D eigenvalue weighted by molar-refractivity contribution is -0.104. The van der Waals surface area contributed by atoms with Crippen LogP contribution in [0.15, 0.2) is 83.7 Å². The Kier molecular flexibility index (Phi) is 5.06. The Balaban J connectivity index is 1.65. The minimum absolute atomic E-state index is 0.398. The molecule has 5 nitrogen and oxygen atoms in total. The van der Waals surface area contributed by atoms with Gasteiger partial charge in [-0.05, 0) is 23.8 Å². The SMILES string of the molecule is O=CC=Cn1nc(Nc2ccccc2)c2c1CC(c1ccccc1)(c1cscn1)C=C2. The average molecular weight is 425 g/mol. The van der Waals surface area contributed by atoms with Gasteiger partial charge in [0.25, 0.3) is 0 Å². The lowest BCUT2D eigenvalue weighted by Gasteiger charge is -2.32. The second-order valence-electron chi connectivity index (χ2n) is 7.34. The number of hydrogen-bond donors (Lipinski definition) is 1. The van der Waals surface area contributed by atoms with E-state index < -0.39 is 5.41 Å². The molecule has 1 aliphatic carbocycles. The van der Waals surface area contributed by atoms with E-state index in [4.69, 9.17) is 5.10 Å². The fourth-order valence-electron chi connectivity index (χ4n) is 4.06. The van der Waals surface area contributed by atoms with E-state index in [-0.39, 0.29) is 0 Å². The maximum absolute atomic E-state index is 11.0. The molecule has 0 spiro atoms. The number of aromatic nitrogens is 3. The largest absolute Gasteiger partial charge is 0.338 e. The van der Waals surface area contributed by atoms with Gasteiger partial charge in [-0.25, -0.2) is 9.67 Å². The lowest BCUT2D eigenvalue weighted by atomic mass is 9.71. The summed E-state index contributed by atoms with van der Waals surface area (Å²) >= 11 is 1.59. The summed E-state index contributed by atoms with van der Waals surface area (Å²) in [5, 5.41) is 10.3. The zero-order chi connectivity index (χ0) is 21.1. The van der Waals surface area contributed by atoms with Gasteiger partial charge in [0, 0.05) is 29.3 Å². The summed E-state index contributed by atoms with van der Waals surface area (Å²) in [6, 6.07) is 20.4. The predicted octanol–water partition coefficient (Wildman–Crippen LogP) is 5.31. The monoisotopic (exact) mass is 424 g/mol. The number of allylic oxidation sites excluding steroid dienone is 2. The van der Waals surface area contributed by atoms with Crippen molar-refractivity contribution in [3.8, 4) is 0 Å². The number of para-hydroxylation sites is 1. The number of benzene rings is 2. The van der Waals surface area contributed by atoms with E-state index >= 15 is 0 Å². The van der Waals surface area contributed by atoms with Gasteiger partial charge in [0.05, 0.1) is 22.3 Å². The molecule has 1 atom stereocenters. The highest BCUT2D eigenvalue weighted by atomic mass is 32.1. The summed E-state index contributed by atoms with van der Waals surface area (Å²) in [6.45, 7) is 0. The standard InChI is InChI=1S/C25H20N4OS/c30-15-7-14-29-22-16-25(23-17-31-18-26-23,19-8-3-1-4-9-19)13-12-21(22)24(28-29)27-20-10-5-2-6-11-20/h1-15,17-18H,16H2,(H,27,28). The molecule has 2 aromatic heterocycles. The molecule has 2 heterocycles. The third-order valence-corrected chi connectivity index (χ3v) is 6.14. The first-order chi connectivity index (χ1) is 15.3. The number of fused-ring (bicyclic) bond motifs is 1. The third kappa shape index (κ3) is 3.51. The van der Waals surface area contributed by atoms with Gasteiger partial charge < -0.3 is 5.32 Å². The van der Waals surface area contributed by atoms with E-state index in [2.05, 4.69) is 52.1 Å². The number of nitrogens with one attached hydrogen (secondary N) is 1. The predicted molar refractivity (Wildman–Crippen MR) is 125 cm³/mol. The van der Waals surface area contributed by atoms with Crippen LogP contribution in [0.3, 0.4) is 0 Å². The Morgan fingerprint density at radius 2 is 1.84 bits per heavy atom. The molecule has 1 unspecified atom stereocenters. The number of aldehydes is 1. The Labute approximate surface area is 184 Å². The van der Waals surface area contributed by atoms with Crippen LogP contribution < -0.4 is 5.32 Å². The van der Waals surface area contributed by atoms with Crippen LogP contribution in [0.4, 0.5) is 11.5 Å². The topological polar surface area (TPSA) is 59.8 Å². The smallest absolute Gasteiger partial charge is 0.160 e. The molecular weight excluding hydrogens is 404 g/mol. The molecule has 152 valence electrons. The molecule has 5 rings (SSSR count). The van der Waals surface area contributed by atoms with E-state index in [1.165, 1.54) is 11.6 Å². The molecular formula is C25H20N4OS. The first kappa shape index (κ1) is 19.2. The van der Waals surface area contributed by atoms with Crippen LogP contribution in [0.1, 0.15) is 22.5 Å². The minimum atomic E-state index is -0.398. The zero-order valence-corrected chi connectivity index (χ0v) is 17.5. The Hall–Kier alpha value is -3.77. The summed E-state index contributed by atoms with van der Waals surface area (Å²) < 4.78 is 1.79.